The van der Waals surface area contributed by atoms with Crippen LogP contribution in [0.15, 0.2) is 48.6 Å². The molecule has 2 amide bonds. The Morgan fingerprint density at radius 1 is 0.612 bits per heavy atom. The van der Waals surface area contributed by atoms with Gasteiger partial charge in [-0.05, 0) is 96.8 Å². The first-order chi connectivity index (χ1) is 23.8. The van der Waals surface area contributed by atoms with Gasteiger partial charge in [-0.25, -0.2) is 4.79 Å². The highest BCUT2D eigenvalue weighted by atomic mass is 16.5. The van der Waals surface area contributed by atoms with Gasteiger partial charge in [0.1, 0.15) is 6.04 Å². The molecule has 0 rings (SSSR count). The average molecular weight is 687 g/mol. The Labute approximate surface area is 298 Å². The van der Waals surface area contributed by atoms with Crippen molar-refractivity contribution in [3.63, 3.8) is 0 Å². The molecule has 2 atom stereocenters. The maximum Gasteiger partial charge on any atom is 0.326 e. The second-order valence-electron chi connectivity index (χ2n) is 13.2. The van der Waals surface area contributed by atoms with Crippen molar-refractivity contribution in [2.45, 2.75) is 187 Å². The number of hydrogen-bond acceptors (Lipinski definition) is 5. The van der Waals surface area contributed by atoms with Crippen LogP contribution in [0.5, 0.6) is 0 Å². The Morgan fingerprint density at radius 3 is 1.59 bits per heavy atom. The van der Waals surface area contributed by atoms with Gasteiger partial charge in [-0.1, -0.05) is 107 Å². The van der Waals surface area contributed by atoms with Crippen LogP contribution < -0.4 is 11.1 Å². The summed E-state index contributed by atoms with van der Waals surface area (Å²) < 4.78 is 5.59. The normalized spacial score (nSPS) is 13.1. The van der Waals surface area contributed by atoms with E-state index in [0.717, 1.165) is 83.5 Å². The van der Waals surface area contributed by atoms with E-state index in [-0.39, 0.29) is 37.2 Å². The molecule has 0 radical (unpaired) electrons. The van der Waals surface area contributed by atoms with Gasteiger partial charge in [0.25, 0.3) is 0 Å². The van der Waals surface area contributed by atoms with Crippen LogP contribution in [0.2, 0.25) is 0 Å². The van der Waals surface area contributed by atoms with Crippen LogP contribution in [0.1, 0.15) is 174 Å². The van der Waals surface area contributed by atoms with E-state index < -0.39 is 17.9 Å². The maximum atomic E-state index is 12.1. The van der Waals surface area contributed by atoms with Gasteiger partial charge in [-0.15, -0.1) is 0 Å². The standard InChI is InChI=1S/C41H70N2O6/c1-3-4-5-6-7-8-9-10-11-15-18-21-24-27-30-33-40(46)49-36(2)31-28-25-22-19-16-13-12-14-17-20-23-26-29-32-39(45)43-37(41(47)48)34-35-38(42)44/h7-8,10-13,19,22,36-37H,3-6,9,14-18,20-21,23-35H2,1-2H3,(H2,42,44)(H,43,45)(H,47,48). The van der Waals surface area contributed by atoms with Crippen molar-refractivity contribution in [3.8, 4) is 0 Å². The molecule has 0 saturated carbocycles. The van der Waals surface area contributed by atoms with E-state index in [1.165, 1.54) is 44.9 Å². The van der Waals surface area contributed by atoms with Gasteiger partial charge in [0.15, 0.2) is 0 Å². The summed E-state index contributed by atoms with van der Waals surface area (Å²) in [6, 6.07) is -1.07. The number of carboxylic acids is 1. The minimum atomic E-state index is -1.15. The molecule has 0 spiro atoms. The topological polar surface area (TPSA) is 136 Å². The molecule has 8 nitrogen and oxygen atoms in total. The molecule has 280 valence electrons. The minimum Gasteiger partial charge on any atom is -0.480 e. The lowest BCUT2D eigenvalue weighted by molar-refractivity contribution is -0.148. The van der Waals surface area contributed by atoms with Crippen molar-refractivity contribution in [2.24, 2.45) is 5.73 Å². The number of nitrogens with two attached hydrogens (primary N) is 1. The molecule has 0 fully saturated rings. The number of rotatable bonds is 34. The number of amides is 2. The smallest absolute Gasteiger partial charge is 0.326 e. The third-order valence-corrected chi connectivity index (χ3v) is 8.34. The van der Waals surface area contributed by atoms with Crippen molar-refractivity contribution < 1.29 is 29.0 Å². The first-order valence-corrected chi connectivity index (χ1v) is 19.4. The Balaban J connectivity index is 3.61. The van der Waals surface area contributed by atoms with E-state index >= 15 is 0 Å². The van der Waals surface area contributed by atoms with E-state index in [1.54, 1.807) is 0 Å². The summed E-state index contributed by atoms with van der Waals surface area (Å²) in [5.41, 5.74) is 5.06. The predicted octanol–water partition coefficient (Wildman–Crippen LogP) is 9.97. The molecular weight excluding hydrogens is 616 g/mol. The monoisotopic (exact) mass is 687 g/mol. The third kappa shape index (κ3) is 34.5. The van der Waals surface area contributed by atoms with E-state index in [4.69, 9.17) is 15.6 Å². The molecule has 4 N–H and O–H groups in total. The minimum absolute atomic E-state index is 0.00921. The number of allylic oxidation sites excluding steroid dienone is 8. The van der Waals surface area contributed by atoms with Crippen LogP contribution in [0.4, 0.5) is 0 Å². The molecule has 0 aliphatic rings. The molecule has 8 heteroatoms. The van der Waals surface area contributed by atoms with Crippen molar-refractivity contribution in [2.75, 3.05) is 0 Å². The van der Waals surface area contributed by atoms with Crippen molar-refractivity contribution in [1.29, 1.82) is 0 Å². The number of carbonyl (C=O) groups excluding carboxylic acids is 3. The second-order valence-corrected chi connectivity index (χ2v) is 13.2. The highest BCUT2D eigenvalue weighted by Crippen LogP contribution is 2.12. The van der Waals surface area contributed by atoms with E-state index in [2.05, 4.69) is 60.8 Å². The lowest BCUT2D eigenvalue weighted by Crippen LogP contribution is -2.41. The highest BCUT2D eigenvalue weighted by molar-refractivity contribution is 5.84. The third-order valence-electron chi connectivity index (χ3n) is 8.34. The fourth-order valence-electron chi connectivity index (χ4n) is 5.34. The van der Waals surface area contributed by atoms with Crippen LogP contribution in [0.3, 0.4) is 0 Å². The van der Waals surface area contributed by atoms with Crippen molar-refractivity contribution in [3.05, 3.63) is 48.6 Å². The number of nitrogens with one attached hydrogen (secondary N) is 1. The molecule has 0 aromatic heterocycles. The number of esters is 1. The molecule has 0 aromatic carbocycles. The summed E-state index contributed by atoms with van der Waals surface area (Å²) in [5, 5.41) is 11.6. The van der Waals surface area contributed by atoms with Gasteiger partial charge in [0.05, 0.1) is 6.10 Å². The molecule has 0 aliphatic carbocycles. The molecule has 49 heavy (non-hydrogen) atoms. The number of unbranched alkanes of at least 4 members (excludes halogenated alkanes) is 14. The van der Waals surface area contributed by atoms with Crippen molar-refractivity contribution in [1.82, 2.24) is 5.32 Å². The lowest BCUT2D eigenvalue weighted by atomic mass is 10.1. The van der Waals surface area contributed by atoms with Gasteiger partial charge in [0.2, 0.25) is 11.8 Å². The summed E-state index contributed by atoms with van der Waals surface area (Å²) in [7, 11) is 0. The zero-order valence-corrected chi connectivity index (χ0v) is 31.0. The summed E-state index contributed by atoms with van der Waals surface area (Å²) in [4.78, 5) is 46.2. The Bertz CT molecular complexity index is 971. The Hall–Kier alpha value is -3.16. The fourth-order valence-corrected chi connectivity index (χ4v) is 5.34. The average Bonchev–Trinajstić information content (AvgIpc) is 3.06. The first-order valence-electron chi connectivity index (χ1n) is 19.4. The quantitative estimate of drug-likeness (QED) is 0.0350. The van der Waals surface area contributed by atoms with Crippen LogP contribution in [0, 0.1) is 0 Å². The molecule has 0 heterocycles. The van der Waals surface area contributed by atoms with Crippen LogP contribution in [-0.2, 0) is 23.9 Å². The summed E-state index contributed by atoms with van der Waals surface area (Å²) in [6.07, 6.45) is 41.3. The number of aliphatic carboxylic acids is 1. The van der Waals surface area contributed by atoms with Crippen molar-refractivity contribution >= 4 is 23.8 Å². The highest BCUT2D eigenvalue weighted by Gasteiger charge is 2.20. The van der Waals surface area contributed by atoms with Gasteiger partial charge >= 0.3 is 11.9 Å². The Morgan fingerprint density at radius 2 is 1.08 bits per heavy atom. The molecule has 2 unspecified atom stereocenters. The molecule has 0 aromatic rings. The summed E-state index contributed by atoms with van der Waals surface area (Å²) in [6.45, 7) is 4.23. The first kappa shape index (κ1) is 45.8. The van der Waals surface area contributed by atoms with Crippen LogP contribution in [0.25, 0.3) is 0 Å². The molecule has 0 bridgehead atoms. The number of carboxylic acid groups (broad SMARTS) is 1. The largest absolute Gasteiger partial charge is 0.480 e. The number of primary amides is 1. The summed E-state index contributed by atoms with van der Waals surface area (Å²) >= 11 is 0. The van der Waals surface area contributed by atoms with Gasteiger partial charge < -0.3 is 20.9 Å². The second kappa shape index (κ2) is 34.7. The zero-order valence-electron chi connectivity index (χ0n) is 31.0. The number of ether oxygens (including phenoxy) is 1. The maximum absolute atomic E-state index is 12.1. The molecular formula is C41H70N2O6. The number of hydrogen-bond donors (Lipinski definition) is 3. The SMILES string of the molecule is CCCCCC=CCC=CCCCCCCCC(=O)OC(C)CCCC=CCC=CCCCCCCCC(=O)NC(CCC(N)=O)C(=O)O. The van der Waals surface area contributed by atoms with Crippen LogP contribution in [-0.4, -0.2) is 41.0 Å². The lowest BCUT2D eigenvalue weighted by Gasteiger charge is -2.13. The van der Waals surface area contributed by atoms with Gasteiger partial charge in [0, 0.05) is 19.3 Å². The predicted molar refractivity (Wildman–Crippen MR) is 202 cm³/mol. The molecule has 0 aliphatic heterocycles. The van der Waals surface area contributed by atoms with E-state index in [9.17, 15) is 19.2 Å². The Kier molecular flexibility index (Phi) is 32.5. The van der Waals surface area contributed by atoms with Crippen LogP contribution >= 0.6 is 0 Å². The zero-order chi connectivity index (χ0) is 36.2. The number of carbonyl (C=O) groups is 4. The summed E-state index contributed by atoms with van der Waals surface area (Å²) in [5.74, 6) is -2.10. The van der Waals surface area contributed by atoms with E-state index in [1.807, 2.05) is 6.92 Å². The van der Waals surface area contributed by atoms with E-state index in [0.29, 0.717) is 12.8 Å². The fraction of sp³-hybridized carbons (Fsp3) is 0.707. The van der Waals surface area contributed by atoms with Gasteiger partial charge in [-0.3, -0.25) is 14.4 Å². The van der Waals surface area contributed by atoms with Gasteiger partial charge in [-0.2, -0.15) is 0 Å². The molecule has 0 saturated heterocycles.